The molecule has 0 aliphatic carbocycles. The fourth-order valence-corrected chi connectivity index (χ4v) is 3.89. The third kappa shape index (κ3) is 5.09. The van der Waals surface area contributed by atoms with Crippen LogP contribution in [0.2, 0.25) is 0 Å². The molecule has 0 bridgehead atoms. The summed E-state index contributed by atoms with van der Waals surface area (Å²) in [5.74, 6) is 1.85. The number of methoxy groups -OCH3 is 1. The molecule has 2 aromatic heterocycles. The van der Waals surface area contributed by atoms with Gasteiger partial charge in [0.05, 0.1) is 7.11 Å². The maximum atomic E-state index is 5.32. The van der Waals surface area contributed by atoms with Crippen LogP contribution in [0.25, 0.3) is 0 Å². The fraction of sp³-hybridized carbons (Fsp3) is 0.348. The van der Waals surface area contributed by atoms with E-state index in [9.17, 15) is 0 Å². The van der Waals surface area contributed by atoms with Gasteiger partial charge in [-0.2, -0.15) is 5.10 Å². The second-order valence-corrected chi connectivity index (χ2v) is 7.40. The third-order valence-corrected chi connectivity index (χ3v) is 5.49. The predicted octanol–water partition coefficient (Wildman–Crippen LogP) is 3.42. The summed E-state index contributed by atoms with van der Waals surface area (Å²) in [4.78, 5) is 6.60. The zero-order chi connectivity index (χ0) is 19.9. The van der Waals surface area contributed by atoms with Crippen LogP contribution in [-0.2, 0) is 6.42 Å². The molecule has 1 fully saturated rings. The molecule has 1 saturated heterocycles. The summed E-state index contributed by atoms with van der Waals surface area (Å²) in [6.07, 6.45) is 8.56. The van der Waals surface area contributed by atoms with Gasteiger partial charge in [0.25, 0.3) is 0 Å². The lowest BCUT2D eigenvalue weighted by atomic mass is 9.96. The van der Waals surface area contributed by atoms with E-state index in [2.05, 4.69) is 43.6 Å². The largest absolute Gasteiger partial charge is 0.497 e. The lowest BCUT2D eigenvalue weighted by molar-refractivity contribution is 0.366. The fourth-order valence-electron chi connectivity index (χ4n) is 3.89. The maximum Gasteiger partial charge on any atom is 0.151 e. The third-order valence-electron chi connectivity index (χ3n) is 5.49. The van der Waals surface area contributed by atoms with E-state index in [1.54, 1.807) is 13.3 Å². The molecule has 4 rings (SSSR count). The highest BCUT2D eigenvalue weighted by Crippen LogP contribution is 2.24. The first-order valence-corrected chi connectivity index (χ1v) is 10.1. The smallest absolute Gasteiger partial charge is 0.151 e. The summed E-state index contributed by atoms with van der Waals surface area (Å²) in [5.41, 5.74) is 2.50. The lowest BCUT2D eigenvalue weighted by Crippen LogP contribution is -2.44. The van der Waals surface area contributed by atoms with Crippen LogP contribution in [0.4, 0.5) is 5.82 Å². The van der Waals surface area contributed by atoms with Crippen molar-refractivity contribution >= 4 is 5.82 Å². The number of pyridine rings is 1. The highest BCUT2D eigenvalue weighted by Gasteiger charge is 2.23. The van der Waals surface area contributed by atoms with E-state index in [-0.39, 0.29) is 6.04 Å². The molecule has 150 valence electrons. The molecule has 6 nitrogen and oxygen atoms in total. The quantitative estimate of drug-likeness (QED) is 0.668. The van der Waals surface area contributed by atoms with Crippen LogP contribution in [0, 0.1) is 0 Å². The van der Waals surface area contributed by atoms with Gasteiger partial charge < -0.3 is 15.0 Å². The minimum absolute atomic E-state index is 0.234. The highest BCUT2D eigenvalue weighted by molar-refractivity contribution is 5.37. The molecule has 1 aromatic carbocycles. The Bertz CT molecular complexity index is 865. The minimum Gasteiger partial charge on any atom is -0.497 e. The van der Waals surface area contributed by atoms with E-state index in [1.807, 2.05) is 42.7 Å². The van der Waals surface area contributed by atoms with E-state index < -0.39 is 0 Å². The van der Waals surface area contributed by atoms with Crippen LogP contribution in [0.15, 0.2) is 67.1 Å². The molecule has 6 heteroatoms. The molecule has 1 unspecified atom stereocenters. The van der Waals surface area contributed by atoms with Gasteiger partial charge in [0.1, 0.15) is 5.75 Å². The Morgan fingerprint density at radius 3 is 2.52 bits per heavy atom. The number of nitrogens with one attached hydrogen (secondary N) is 1. The molecule has 29 heavy (non-hydrogen) atoms. The molecule has 1 N–H and O–H groups in total. The summed E-state index contributed by atoms with van der Waals surface area (Å²) in [7, 11) is 1.70. The first-order valence-electron chi connectivity index (χ1n) is 10.1. The van der Waals surface area contributed by atoms with Crippen molar-refractivity contribution < 1.29 is 4.74 Å². The van der Waals surface area contributed by atoms with Gasteiger partial charge in [-0.05, 0) is 60.7 Å². The van der Waals surface area contributed by atoms with Gasteiger partial charge >= 0.3 is 0 Å². The van der Waals surface area contributed by atoms with Crippen LogP contribution in [0.1, 0.15) is 30.0 Å². The number of nitrogens with zero attached hydrogens (tertiary/aromatic N) is 4. The van der Waals surface area contributed by atoms with Crippen LogP contribution in [0.3, 0.4) is 0 Å². The Labute approximate surface area is 172 Å². The Morgan fingerprint density at radius 2 is 1.86 bits per heavy atom. The van der Waals surface area contributed by atoms with E-state index >= 15 is 0 Å². The zero-order valence-corrected chi connectivity index (χ0v) is 16.7. The summed E-state index contributed by atoms with van der Waals surface area (Å²) >= 11 is 0. The number of benzene rings is 1. The van der Waals surface area contributed by atoms with E-state index in [4.69, 9.17) is 4.74 Å². The van der Waals surface area contributed by atoms with Gasteiger partial charge in [-0.25, -0.2) is 0 Å². The first-order chi connectivity index (χ1) is 14.3. The number of anilines is 1. The normalized spacial score (nSPS) is 15.8. The molecule has 0 radical (unpaired) electrons. The van der Waals surface area contributed by atoms with Crippen molar-refractivity contribution in [1.29, 1.82) is 0 Å². The van der Waals surface area contributed by atoms with E-state index in [0.29, 0.717) is 6.04 Å². The number of piperidine rings is 1. The number of hydrogen-bond donors (Lipinski definition) is 1. The van der Waals surface area contributed by atoms with E-state index in [1.165, 1.54) is 11.1 Å². The van der Waals surface area contributed by atoms with Crippen LogP contribution >= 0.6 is 0 Å². The molecule has 1 aliphatic heterocycles. The van der Waals surface area contributed by atoms with Crippen molar-refractivity contribution in [3.05, 3.63) is 78.2 Å². The average Bonchev–Trinajstić information content (AvgIpc) is 2.80. The summed E-state index contributed by atoms with van der Waals surface area (Å²) < 4.78 is 5.32. The monoisotopic (exact) mass is 389 g/mol. The Kier molecular flexibility index (Phi) is 6.32. The van der Waals surface area contributed by atoms with Gasteiger partial charge in [0.2, 0.25) is 0 Å². The van der Waals surface area contributed by atoms with Gasteiger partial charge in [-0.15, -0.1) is 5.10 Å². The van der Waals surface area contributed by atoms with Crippen molar-refractivity contribution in [2.75, 3.05) is 25.1 Å². The molecular formula is C23H27N5O. The summed E-state index contributed by atoms with van der Waals surface area (Å²) in [6, 6.07) is 17.2. The minimum atomic E-state index is 0.234. The van der Waals surface area contributed by atoms with Crippen molar-refractivity contribution in [3.63, 3.8) is 0 Å². The summed E-state index contributed by atoms with van der Waals surface area (Å²) in [5, 5.41) is 12.1. The molecule has 3 heterocycles. The van der Waals surface area contributed by atoms with Crippen molar-refractivity contribution in [2.45, 2.75) is 31.3 Å². The van der Waals surface area contributed by atoms with E-state index in [0.717, 1.165) is 43.9 Å². The topological polar surface area (TPSA) is 63.2 Å². The molecular weight excluding hydrogens is 362 g/mol. The van der Waals surface area contributed by atoms with Gasteiger partial charge in [0, 0.05) is 43.8 Å². The first kappa shape index (κ1) is 19.3. The second-order valence-electron chi connectivity index (χ2n) is 7.40. The molecule has 0 spiro atoms. The Hall–Kier alpha value is -2.99. The molecule has 3 aromatic rings. The van der Waals surface area contributed by atoms with Crippen molar-refractivity contribution in [3.8, 4) is 5.75 Å². The van der Waals surface area contributed by atoms with Crippen molar-refractivity contribution in [2.24, 2.45) is 0 Å². The molecule has 1 atom stereocenters. The number of hydrogen-bond acceptors (Lipinski definition) is 6. The van der Waals surface area contributed by atoms with Crippen LogP contribution < -0.4 is 15.0 Å². The van der Waals surface area contributed by atoms with Gasteiger partial charge in [-0.1, -0.05) is 18.2 Å². The van der Waals surface area contributed by atoms with Crippen LogP contribution in [0.5, 0.6) is 5.75 Å². The van der Waals surface area contributed by atoms with Gasteiger partial charge in [0.15, 0.2) is 5.82 Å². The standard InChI is InChI=1S/C23H27N5O/c1-29-21-8-6-19(7-9-21)22(16-18-4-2-12-24-17-18)26-20-10-14-28(15-11-20)23-5-3-13-25-27-23/h2-9,12-13,17,20,22,26H,10-11,14-16H2,1H3. The van der Waals surface area contributed by atoms with Crippen molar-refractivity contribution in [1.82, 2.24) is 20.5 Å². The highest BCUT2D eigenvalue weighted by atomic mass is 16.5. The molecule has 0 saturated carbocycles. The summed E-state index contributed by atoms with van der Waals surface area (Å²) in [6.45, 7) is 1.97. The lowest BCUT2D eigenvalue weighted by Gasteiger charge is -2.35. The zero-order valence-electron chi connectivity index (χ0n) is 16.7. The number of rotatable bonds is 7. The maximum absolute atomic E-state index is 5.32. The second kappa shape index (κ2) is 9.47. The van der Waals surface area contributed by atoms with Crippen LogP contribution in [-0.4, -0.2) is 41.4 Å². The number of aromatic nitrogens is 3. The average molecular weight is 390 g/mol. The number of ether oxygens (including phenoxy) is 1. The van der Waals surface area contributed by atoms with Gasteiger partial charge in [-0.3, -0.25) is 4.98 Å². The molecule has 0 amide bonds. The Balaban J connectivity index is 1.44. The Morgan fingerprint density at radius 1 is 1.07 bits per heavy atom. The predicted molar refractivity (Wildman–Crippen MR) is 114 cm³/mol. The molecule has 1 aliphatic rings. The SMILES string of the molecule is COc1ccc(C(Cc2cccnc2)NC2CCN(c3cccnn3)CC2)cc1.